The third-order valence-corrected chi connectivity index (χ3v) is 7.05. The highest BCUT2D eigenvalue weighted by Crippen LogP contribution is 2.56. The molecular weight excluding hydrogens is 501 g/mol. The first-order chi connectivity index (χ1) is 18.7. The number of hydrogen-bond donors (Lipinski definition) is 2. The quantitative estimate of drug-likeness (QED) is 0.297. The molecule has 0 bridgehead atoms. The molecule has 1 aromatic carbocycles. The fourth-order valence-electron chi connectivity index (χ4n) is 4.73. The van der Waals surface area contributed by atoms with Gasteiger partial charge in [-0.15, -0.1) is 0 Å². The van der Waals surface area contributed by atoms with Gasteiger partial charge in [0.1, 0.15) is 12.1 Å². The topological polar surface area (TPSA) is 112 Å². The second-order valence-electron chi connectivity index (χ2n) is 10.1. The van der Waals surface area contributed by atoms with E-state index in [-0.39, 0.29) is 11.3 Å². The Morgan fingerprint density at radius 3 is 2.67 bits per heavy atom. The van der Waals surface area contributed by atoms with Crippen molar-refractivity contribution in [3.8, 4) is 5.75 Å². The molecule has 5 rings (SSSR count). The van der Waals surface area contributed by atoms with Gasteiger partial charge < -0.3 is 30.1 Å². The van der Waals surface area contributed by atoms with Crippen molar-refractivity contribution in [1.82, 2.24) is 24.8 Å². The molecular formula is C27H32FN9O2. The van der Waals surface area contributed by atoms with Gasteiger partial charge in [0.2, 0.25) is 23.8 Å². The number of anilines is 6. The van der Waals surface area contributed by atoms with Crippen LogP contribution in [0.25, 0.3) is 0 Å². The summed E-state index contributed by atoms with van der Waals surface area (Å²) >= 11 is 0. The first-order valence-corrected chi connectivity index (χ1v) is 12.6. The number of likely N-dealkylation sites (N-methyl/N-ethyl adjacent to an activating group) is 2. The Morgan fingerprint density at radius 2 is 1.97 bits per heavy atom. The molecule has 1 amide bonds. The molecule has 39 heavy (non-hydrogen) atoms. The molecule has 1 aliphatic heterocycles. The van der Waals surface area contributed by atoms with Gasteiger partial charge in [-0.2, -0.15) is 9.37 Å². The number of hydrogen-bond acceptors (Lipinski definition) is 10. The van der Waals surface area contributed by atoms with Gasteiger partial charge in [-0.3, -0.25) is 4.79 Å². The van der Waals surface area contributed by atoms with Crippen LogP contribution in [-0.4, -0.2) is 78.6 Å². The highest BCUT2D eigenvalue weighted by molar-refractivity contribution is 6.02. The Labute approximate surface area is 226 Å². The van der Waals surface area contributed by atoms with E-state index < -0.39 is 5.95 Å². The van der Waals surface area contributed by atoms with Crippen LogP contribution in [0.3, 0.4) is 0 Å². The number of carbonyl (C=O) groups excluding carboxylic acids is 1. The first kappa shape index (κ1) is 26.3. The van der Waals surface area contributed by atoms with Crippen LogP contribution < -0.4 is 25.2 Å². The van der Waals surface area contributed by atoms with E-state index in [4.69, 9.17) is 4.74 Å². The maximum Gasteiger partial charge on any atom is 0.247 e. The first-order valence-electron chi connectivity index (χ1n) is 12.6. The molecule has 11 nitrogen and oxygen atoms in total. The Hall–Kier alpha value is -4.32. The molecule has 1 fully saturated rings. The van der Waals surface area contributed by atoms with E-state index in [0.717, 1.165) is 43.0 Å². The van der Waals surface area contributed by atoms with Crippen molar-refractivity contribution < 1.29 is 13.9 Å². The van der Waals surface area contributed by atoms with Crippen molar-refractivity contribution in [2.24, 2.45) is 0 Å². The number of carbonyl (C=O) groups is 1. The summed E-state index contributed by atoms with van der Waals surface area (Å²) in [6, 6.07) is 6.72. The predicted molar refractivity (Wildman–Crippen MR) is 149 cm³/mol. The van der Waals surface area contributed by atoms with Crippen molar-refractivity contribution in [3.05, 3.63) is 54.9 Å². The summed E-state index contributed by atoms with van der Waals surface area (Å²) in [6.07, 6.45) is 4.56. The molecule has 0 atom stereocenters. The largest absolute Gasteiger partial charge is 0.494 e. The number of pyridine rings is 1. The molecule has 2 aromatic heterocycles. The van der Waals surface area contributed by atoms with Crippen LogP contribution in [0, 0.1) is 5.95 Å². The third-order valence-electron chi connectivity index (χ3n) is 7.05. The summed E-state index contributed by atoms with van der Waals surface area (Å²) in [5, 5.41) is 6.10. The maximum atomic E-state index is 13.9. The monoisotopic (exact) mass is 533 g/mol. The minimum absolute atomic E-state index is 0.145. The summed E-state index contributed by atoms with van der Waals surface area (Å²) < 4.78 is 19.6. The van der Waals surface area contributed by atoms with E-state index >= 15 is 0 Å². The van der Waals surface area contributed by atoms with Gasteiger partial charge in [0.05, 0.1) is 35.6 Å². The number of ether oxygens (including phenoxy) is 1. The van der Waals surface area contributed by atoms with Crippen molar-refractivity contribution in [2.45, 2.75) is 18.3 Å². The molecule has 1 aliphatic carbocycles. The van der Waals surface area contributed by atoms with Gasteiger partial charge in [0, 0.05) is 38.2 Å². The van der Waals surface area contributed by atoms with E-state index in [1.165, 1.54) is 18.5 Å². The van der Waals surface area contributed by atoms with Gasteiger partial charge in [-0.25, -0.2) is 15.0 Å². The lowest BCUT2D eigenvalue weighted by Crippen LogP contribution is -2.29. The molecule has 0 saturated heterocycles. The second kappa shape index (κ2) is 10.4. The number of nitrogens with zero attached hydrogens (tertiary/aromatic N) is 7. The van der Waals surface area contributed by atoms with E-state index in [1.54, 1.807) is 19.2 Å². The summed E-state index contributed by atoms with van der Waals surface area (Å²) in [5.74, 6) is 0.458. The lowest BCUT2D eigenvalue weighted by atomic mass is 10.1. The average Bonchev–Trinajstić information content (AvgIpc) is 3.64. The zero-order chi connectivity index (χ0) is 27.7. The Bertz CT molecular complexity index is 1410. The molecule has 3 heterocycles. The van der Waals surface area contributed by atoms with Gasteiger partial charge in [-0.1, -0.05) is 6.58 Å². The molecule has 0 radical (unpaired) electrons. The summed E-state index contributed by atoms with van der Waals surface area (Å²) in [5.41, 5.74) is 3.35. The van der Waals surface area contributed by atoms with E-state index in [2.05, 4.69) is 42.0 Å². The number of nitrogens with one attached hydrogen (secondary N) is 2. The van der Waals surface area contributed by atoms with Gasteiger partial charge >= 0.3 is 0 Å². The zero-order valence-corrected chi connectivity index (χ0v) is 22.5. The molecule has 3 aromatic rings. The number of rotatable bonds is 10. The summed E-state index contributed by atoms with van der Waals surface area (Å²) in [7, 11) is 7.54. The lowest BCUT2D eigenvalue weighted by Gasteiger charge is -2.26. The van der Waals surface area contributed by atoms with E-state index in [0.29, 0.717) is 35.6 Å². The SMILES string of the molecule is C=CC(=O)Nc1cc(Nc2ncnc(N3CC4(CC4)c4nc(F)ccc43)n2)c(OC)cc1N(C)CCN(C)C. The number of amides is 1. The minimum Gasteiger partial charge on any atom is -0.494 e. The Balaban J connectivity index is 1.46. The molecule has 2 aliphatic rings. The average molecular weight is 534 g/mol. The van der Waals surface area contributed by atoms with Crippen LogP contribution in [0.5, 0.6) is 5.75 Å². The zero-order valence-electron chi connectivity index (χ0n) is 22.5. The Morgan fingerprint density at radius 1 is 1.18 bits per heavy atom. The molecule has 204 valence electrons. The number of benzene rings is 1. The van der Waals surface area contributed by atoms with Gasteiger partial charge in [-0.05, 0) is 51.2 Å². The van der Waals surface area contributed by atoms with Crippen LogP contribution in [0.1, 0.15) is 18.5 Å². The van der Waals surface area contributed by atoms with Crippen LogP contribution in [0.2, 0.25) is 0 Å². The normalized spacial score (nSPS) is 14.8. The van der Waals surface area contributed by atoms with Gasteiger partial charge in [0.15, 0.2) is 0 Å². The van der Waals surface area contributed by atoms with E-state index in [9.17, 15) is 9.18 Å². The smallest absolute Gasteiger partial charge is 0.247 e. The van der Waals surface area contributed by atoms with Crippen LogP contribution >= 0.6 is 0 Å². The highest BCUT2D eigenvalue weighted by atomic mass is 19.1. The molecule has 1 spiro atoms. The fourth-order valence-corrected chi connectivity index (χ4v) is 4.73. The van der Waals surface area contributed by atoms with Crippen molar-refractivity contribution in [2.75, 3.05) is 68.3 Å². The van der Waals surface area contributed by atoms with Crippen LogP contribution in [0.15, 0.2) is 43.2 Å². The van der Waals surface area contributed by atoms with Gasteiger partial charge in [0.25, 0.3) is 0 Å². The fraction of sp³-hybridized carbons (Fsp3) is 0.370. The summed E-state index contributed by atoms with van der Waals surface area (Å²) in [4.78, 5) is 35.9. The van der Waals surface area contributed by atoms with Crippen LogP contribution in [-0.2, 0) is 10.2 Å². The van der Waals surface area contributed by atoms with Crippen molar-refractivity contribution >= 4 is 40.6 Å². The van der Waals surface area contributed by atoms with Crippen molar-refractivity contribution in [1.29, 1.82) is 0 Å². The van der Waals surface area contributed by atoms with Crippen molar-refractivity contribution in [3.63, 3.8) is 0 Å². The molecule has 0 unspecified atom stereocenters. The number of fused-ring (bicyclic) bond motifs is 2. The minimum atomic E-state index is -0.484. The molecule has 2 N–H and O–H groups in total. The Kier molecular flexibility index (Phi) is 7.04. The molecule has 1 saturated carbocycles. The summed E-state index contributed by atoms with van der Waals surface area (Å²) in [6.45, 7) is 5.76. The molecule has 12 heteroatoms. The third kappa shape index (κ3) is 5.32. The second-order valence-corrected chi connectivity index (χ2v) is 10.1. The van der Waals surface area contributed by atoms with E-state index in [1.807, 2.05) is 37.0 Å². The lowest BCUT2D eigenvalue weighted by molar-refractivity contribution is -0.111. The number of halogens is 1. The predicted octanol–water partition coefficient (Wildman–Crippen LogP) is 3.46. The number of aromatic nitrogens is 4. The number of methoxy groups -OCH3 is 1. The highest BCUT2D eigenvalue weighted by Gasteiger charge is 2.54. The maximum absolute atomic E-state index is 13.9. The van der Waals surface area contributed by atoms with Crippen LogP contribution in [0.4, 0.5) is 39.0 Å². The standard InChI is InChI=1S/C27H32FN9O2/c1-6-23(38)31-17-13-18(21(39-5)14-20(17)36(4)12-11-35(2)3)32-25-29-16-30-26(34-25)37-15-27(9-10-27)24-19(37)7-8-22(28)33-24/h6-8,13-14,16H,1,9-12,15H2,2-5H3,(H,31,38)(H,29,30,32,34).